The smallest absolute Gasteiger partial charge is 0.225 e. The molecule has 43 heavy (non-hydrogen) atoms. The predicted octanol–water partition coefficient (Wildman–Crippen LogP) is 4.18. The molecule has 0 radical (unpaired) electrons. The molecule has 0 spiro atoms. The van der Waals surface area contributed by atoms with Gasteiger partial charge in [-0.2, -0.15) is 0 Å². The second-order valence-electron chi connectivity index (χ2n) is 12.4. The van der Waals surface area contributed by atoms with E-state index < -0.39 is 0 Å². The number of carbonyl (C=O) groups excluding carboxylic acids is 4. The highest BCUT2D eigenvalue weighted by Gasteiger charge is 2.32. The maximum Gasteiger partial charge on any atom is 0.225 e. The quantitative estimate of drug-likeness (QED) is 0.324. The van der Waals surface area contributed by atoms with Crippen molar-refractivity contribution >= 4 is 23.5 Å². The van der Waals surface area contributed by atoms with Gasteiger partial charge in [-0.15, -0.1) is 0 Å². The van der Waals surface area contributed by atoms with E-state index in [2.05, 4.69) is 15.6 Å². The lowest BCUT2D eigenvalue weighted by Crippen LogP contribution is -2.39. The summed E-state index contributed by atoms with van der Waals surface area (Å²) in [6.07, 6.45) is 12.7. The van der Waals surface area contributed by atoms with E-state index in [0.717, 1.165) is 51.4 Å². The fourth-order valence-corrected chi connectivity index (χ4v) is 6.04. The number of Topliss-reactive ketones (excluding diaryl/α,β-unsaturated/α-hetero) is 1. The van der Waals surface area contributed by atoms with Crippen LogP contribution in [-0.2, 0) is 28.7 Å². The van der Waals surface area contributed by atoms with Gasteiger partial charge in [0.25, 0.3) is 0 Å². The molecule has 0 bridgehead atoms. The van der Waals surface area contributed by atoms with Crippen LogP contribution in [0.4, 0.5) is 0 Å². The van der Waals surface area contributed by atoms with Crippen molar-refractivity contribution in [1.82, 2.24) is 20.5 Å². The molecule has 2 aliphatic carbocycles. The average molecular weight is 605 g/mol. The van der Waals surface area contributed by atoms with Crippen molar-refractivity contribution in [1.29, 1.82) is 0 Å². The zero-order chi connectivity index (χ0) is 31.0. The third-order valence-electron chi connectivity index (χ3n) is 8.62. The molecule has 2 N–H and O–H groups in total. The summed E-state index contributed by atoms with van der Waals surface area (Å²) >= 11 is 0. The van der Waals surface area contributed by atoms with Crippen LogP contribution < -0.4 is 10.6 Å². The van der Waals surface area contributed by atoms with Crippen LogP contribution in [0, 0.1) is 17.8 Å². The molecule has 1 aliphatic heterocycles. The Morgan fingerprint density at radius 2 is 1.56 bits per heavy atom. The van der Waals surface area contributed by atoms with E-state index in [4.69, 9.17) is 9.47 Å². The number of amides is 3. The molecular formula is C33H56N4O6. The molecule has 3 fully saturated rings. The van der Waals surface area contributed by atoms with Crippen LogP contribution in [0.1, 0.15) is 87.3 Å². The molecule has 3 amide bonds. The Hall–Kier alpha value is -2.85. The average Bonchev–Trinajstić information content (AvgIpc) is 3.37. The van der Waals surface area contributed by atoms with E-state index in [9.17, 15) is 19.2 Å². The van der Waals surface area contributed by atoms with Crippen molar-refractivity contribution in [2.45, 2.75) is 103 Å². The van der Waals surface area contributed by atoms with E-state index in [1.54, 1.807) is 24.3 Å². The van der Waals surface area contributed by atoms with Gasteiger partial charge in [0.05, 0.1) is 24.7 Å². The standard InChI is InChI=1S/C28H47N3O6.C5H5N.2H2/c1-19(2)27(34)20-6-8-22(9-7-20)30-25(32)5-4-15-36-23-10-12-24(13-11-23)37-16-14-29-28(35)21-17-26(33)31(3)18-21;1-2-4-6-5-3-1;;/h19-24H,4-18H2,1-3H3,(H,29,35)(H,30,32);1-5H;2*1H/t20?,21-,22?,23?,24?;;;/m0.../s1. The van der Waals surface area contributed by atoms with Crippen LogP contribution >= 0.6 is 0 Å². The van der Waals surface area contributed by atoms with Crippen molar-refractivity contribution < 1.29 is 31.5 Å². The Morgan fingerprint density at radius 3 is 2.07 bits per heavy atom. The summed E-state index contributed by atoms with van der Waals surface area (Å²) in [6.45, 7) is 5.94. The normalized spacial score (nSPS) is 25.5. The van der Waals surface area contributed by atoms with Crippen LogP contribution in [0.15, 0.2) is 30.6 Å². The molecule has 10 nitrogen and oxygen atoms in total. The van der Waals surface area contributed by atoms with E-state index in [1.165, 1.54) is 0 Å². The highest BCUT2D eigenvalue weighted by Crippen LogP contribution is 2.27. The zero-order valence-electron chi connectivity index (χ0n) is 26.3. The van der Waals surface area contributed by atoms with Gasteiger partial charge in [-0.3, -0.25) is 24.2 Å². The molecule has 1 aromatic heterocycles. The van der Waals surface area contributed by atoms with Gasteiger partial charge in [-0.25, -0.2) is 0 Å². The number of rotatable bonds is 13. The number of ketones is 1. The van der Waals surface area contributed by atoms with Crippen LogP contribution in [0.2, 0.25) is 0 Å². The highest BCUT2D eigenvalue weighted by molar-refractivity contribution is 5.89. The molecule has 4 rings (SSSR count). The minimum absolute atomic E-state index is 0. The monoisotopic (exact) mass is 604 g/mol. The van der Waals surface area contributed by atoms with Crippen LogP contribution in [0.3, 0.4) is 0 Å². The minimum Gasteiger partial charge on any atom is -0.378 e. The molecule has 3 aliphatic rings. The van der Waals surface area contributed by atoms with Gasteiger partial charge in [-0.05, 0) is 69.9 Å². The molecular weight excluding hydrogens is 548 g/mol. The maximum atomic E-state index is 12.3. The van der Waals surface area contributed by atoms with Crippen LogP contribution in [-0.4, -0.2) is 85.0 Å². The maximum absolute atomic E-state index is 12.3. The fourth-order valence-electron chi connectivity index (χ4n) is 6.04. The second kappa shape index (κ2) is 18.7. The van der Waals surface area contributed by atoms with Gasteiger partial charge in [0.1, 0.15) is 5.78 Å². The molecule has 244 valence electrons. The first-order valence-electron chi connectivity index (χ1n) is 16.2. The Balaban J connectivity index is 0.00000113. The summed E-state index contributed by atoms with van der Waals surface area (Å²) in [5.41, 5.74) is 0. The summed E-state index contributed by atoms with van der Waals surface area (Å²) < 4.78 is 11.9. The van der Waals surface area contributed by atoms with Crippen LogP contribution in [0.5, 0.6) is 0 Å². The molecule has 0 unspecified atom stereocenters. The topological polar surface area (TPSA) is 127 Å². The number of aromatic nitrogens is 1. The van der Waals surface area contributed by atoms with Crippen molar-refractivity contribution in [3.8, 4) is 0 Å². The largest absolute Gasteiger partial charge is 0.378 e. The van der Waals surface area contributed by atoms with Gasteiger partial charge in [0, 0.05) is 72.7 Å². The lowest BCUT2D eigenvalue weighted by Gasteiger charge is -2.29. The summed E-state index contributed by atoms with van der Waals surface area (Å²) in [6, 6.07) is 5.91. The van der Waals surface area contributed by atoms with Crippen LogP contribution in [0.25, 0.3) is 0 Å². The minimum atomic E-state index is -0.252. The van der Waals surface area contributed by atoms with E-state index in [0.29, 0.717) is 51.3 Å². The van der Waals surface area contributed by atoms with Crippen molar-refractivity contribution in [2.24, 2.45) is 17.8 Å². The molecule has 1 saturated heterocycles. The number of pyridine rings is 1. The number of hydrogen-bond acceptors (Lipinski definition) is 7. The Morgan fingerprint density at radius 1 is 0.930 bits per heavy atom. The number of nitrogens with zero attached hydrogens (tertiary/aromatic N) is 2. The Bertz CT molecular complexity index is 975. The van der Waals surface area contributed by atoms with Crippen molar-refractivity contribution in [3.05, 3.63) is 30.6 Å². The van der Waals surface area contributed by atoms with Gasteiger partial charge < -0.3 is 25.0 Å². The second-order valence-corrected chi connectivity index (χ2v) is 12.4. The van der Waals surface area contributed by atoms with E-state index in [-0.39, 0.29) is 56.6 Å². The first kappa shape index (κ1) is 34.6. The number of likely N-dealkylation sites (tertiary alicyclic amines) is 1. The number of carbonyl (C=O) groups is 4. The lowest BCUT2D eigenvalue weighted by molar-refractivity contribution is -0.128. The summed E-state index contributed by atoms with van der Waals surface area (Å²) in [5.74, 6) is 0.400. The van der Waals surface area contributed by atoms with Gasteiger partial charge in [0.15, 0.2) is 0 Å². The van der Waals surface area contributed by atoms with E-state index >= 15 is 0 Å². The third kappa shape index (κ3) is 12.7. The Kier molecular flexibility index (Phi) is 15.1. The highest BCUT2D eigenvalue weighted by atomic mass is 16.5. The summed E-state index contributed by atoms with van der Waals surface area (Å²) in [5, 5.41) is 6.02. The molecule has 1 aromatic rings. The molecule has 10 heteroatoms. The zero-order valence-corrected chi connectivity index (χ0v) is 26.3. The Labute approximate surface area is 260 Å². The summed E-state index contributed by atoms with van der Waals surface area (Å²) in [4.78, 5) is 53.6. The fraction of sp³-hybridized carbons (Fsp3) is 0.727. The number of nitrogens with one attached hydrogen (secondary N) is 2. The first-order valence-corrected chi connectivity index (χ1v) is 16.2. The molecule has 1 atom stereocenters. The van der Waals surface area contributed by atoms with Gasteiger partial charge in [0.2, 0.25) is 17.7 Å². The number of ether oxygens (including phenoxy) is 2. The summed E-state index contributed by atoms with van der Waals surface area (Å²) in [7, 11) is 1.72. The van der Waals surface area contributed by atoms with Crippen molar-refractivity contribution in [2.75, 3.05) is 33.4 Å². The van der Waals surface area contributed by atoms with Crippen molar-refractivity contribution in [3.63, 3.8) is 0 Å². The molecule has 0 aromatic carbocycles. The third-order valence-corrected chi connectivity index (χ3v) is 8.62. The lowest BCUT2D eigenvalue weighted by atomic mass is 9.80. The van der Waals surface area contributed by atoms with E-state index in [1.807, 2.05) is 32.0 Å². The van der Waals surface area contributed by atoms with Gasteiger partial charge >= 0.3 is 0 Å². The number of hydrogen-bond donors (Lipinski definition) is 2. The SMILES string of the molecule is CC(C)C(=O)C1CCC(NC(=O)CCCOC2CCC(OCCNC(=O)[C@H]3CC(=O)N(C)C3)CC2)CC1.[HH].[HH].c1ccncc1. The molecule has 2 heterocycles. The van der Waals surface area contributed by atoms with Gasteiger partial charge in [-0.1, -0.05) is 19.9 Å². The first-order chi connectivity index (χ1) is 20.7. The molecule has 2 saturated carbocycles. The predicted molar refractivity (Wildman–Crippen MR) is 168 cm³/mol.